The van der Waals surface area contributed by atoms with Crippen LogP contribution >= 0.6 is 23.2 Å². The predicted octanol–water partition coefficient (Wildman–Crippen LogP) is 3.43. The molecule has 0 amide bonds. The summed E-state index contributed by atoms with van der Waals surface area (Å²) in [6.45, 7) is 4.76. The molecule has 2 heterocycles. The van der Waals surface area contributed by atoms with Crippen LogP contribution < -0.4 is 10.6 Å². The fourth-order valence-electron chi connectivity index (χ4n) is 2.16. The molecule has 1 aliphatic rings. The van der Waals surface area contributed by atoms with Crippen LogP contribution in [0.1, 0.15) is 19.8 Å². The normalized spacial score (nSPS) is 21.5. The van der Waals surface area contributed by atoms with Crippen LogP contribution in [0.5, 0.6) is 0 Å². The van der Waals surface area contributed by atoms with Gasteiger partial charge in [-0.05, 0) is 12.5 Å². The average molecular weight is 334 g/mol. The van der Waals surface area contributed by atoms with Gasteiger partial charge in [0.1, 0.15) is 17.2 Å². The number of hydrogen-bond acceptors (Lipinski definition) is 5. The Morgan fingerprint density at radius 3 is 2.62 bits per heavy atom. The lowest BCUT2D eigenvalue weighted by Crippen LogP contribution is -2.39. The lowest BCUT2D eigenvalue weighted by Gasteiger charge is -2.26. The van der Waals surface area contributed by atoms with Crippen molar-refractivity contribution in [2.75, 3.05) is 44.0 Å². The maximum absolute atomic E-state index is 6.20. The van der Waals surface area contributed by atoms with E-state index in [1.165, 1.54) is 0 Å². The quantitative estimate of drug-likeness (QED) is 0.800. The highest BCUT2D eigenvalue weighted by Gasteiger charge is 2.35. The number of nitrogens with one attached hydrogen (secondary N) is 2. The van der Waals surface area contributed by atoms with Crippen molar-refractivity contribution in [3.05, 3.63) is 16.1 Å². The van der Waals surface area contributed by atoms with Crippen LogP contribution in [0.4, 0.5) is 11.6 Å². The van der Waals surface area contributed by atoms with Gasteiger partial charge in [-0.3, -0.25) is 0 Å². The van der Waals surface area contributed by atoms with E-state index in [4.69, 9.17) is 32.7 Å². The molecule has 1 aromatic heterocycles. The van der Waals surface area contributed by atoms with E-state index in [-0.39, 0.29) is 5.60 Å². The molecule has 118 valence electrons. The van der Waals surface area contributed by atoms with Gasteiger partial charge in [-0.2, -0.15) is 0 Å². The van der Waals surface area contributed by atoms with Gasteiger partial charge < -0.3 is 20.1 Å². The summed E-state index contributed by atoms with van der Waals surface area (Å²) in [5.74, 6) is 1.24. The van der Waals surface area contributed by atoms with Crippen molar-refractivity contribution < 1.29 is 9.47 Å². The first-order valence-corrected chi connectivity index (χ1v) is 7.82. The van der Waals surface area contributed by atoms with Crippen molar-refractivity contribution in [1.82, 2.24) is 4.98 Å². The van der Waals surface area contributed by atoms with E-state index < -0.39 is 0 Å². The standard InChI is InChI=1S/C14H21Cl2N3O2/c1-3-5-17-12-10(15)7-11(16)13(19-12)18-8-14(20-2)4-6-21-9-14/h7H,3-6,8-9H2,1-2H3,(H2,17,18,19). The van der Waals surface area contributed by atoms with E-state index in [0.29, 0.717) is 41.4 Å². The summed E-state index contributed by atoms with van der Waals surface area (Å²) in [6.07, 6.45) is 1.84. The maximum Gasteiger partial charge on any atom is 0.147 e. The van der Waals surface area contributed by atoms with Gasteiger partial charge in [0.15, 0.2) is 0 Å². The Morgan fingerprint density at radius 2 is 2.05 bits per heavy atom. The zero-order valence-corrected chi connectivity index (χ0v) is 13.9. The monoisotopic (exact) mass is 333 g/mol. The summed E-state index contributed by atoms with van der Waals surface area (Å²) in [4.78, 5) is 4.45. The maximum atomic E-state index is 6.20. The van der Waals surface area contributed by atoms with Crippen LogP contribution in [-0.2, 0) is 9.47 Å². The fraction of sp³-hybridized carbons (Fsp3) is 0.643. The Bertz CT molecular complexity index is 480. The molecule has 0 aliphatic carbocycles. The molecule has 2 N–H and O–H groups in total. The van der Waals surface area contributed by atoms with Gasteiger partial charge in [0.05, 0.1) is 16.7 Å². The molecule has 7 heteroatoms. The SMILES string of the molecule is CCCNc1nc(NCC2(OC)CCOC2)c(Cl)cc1Cl. The molecule has 1 fully saturated rings. The van der Waals surface area contributed by atoms with Crippen molar-refractivity contribution in [2.24, 2.45) is 0 Å². The first-order valence-electron chi connectivity index (χ1n) is 7.07. The molecular weight excluding hydrogens is 313 g/mol. The van der Waals surface area contributed by atoms with Gasteiger partial charge in [-0.1, -0.05) is 30.1 Å². The van der Waals surface area contributed by atoms with Crippen LogP contribution in [0.25, 0.3) is 0 Å². The fourth-order valence-corrected chi connectivity index (χ4v) is 2.66. The van der Waals surface area contributed by atoms with Gasteiger partial charge in [0.25, 0.3) is 0 Å². The number of ether oxygens (including phenoxy) is 2. The molecule has 0 aromatic carbocycles. The summed E-state index contributed by atoms with van der Waals surface area (Å²) >= 11 is 12.3. The molecular formula is C14H21Cl2N3O2. The summed E-state index contributed by atoms with van der Waals surface area (Å²) in [5, 5.41) is 7.44. The first-order chi connectivity index (χ1) is 10.1. The van der Waals surface area contributed by atoms with E-state index in [0.717, 1.165) is 19.4 Å². The number of halogens is 2. The molecule has 2 rings (SSSR count). The molecule has 1 unspecified atom stereocenters. The first kappa shape index (κ1) is 16.6. The second kappa shape index (κ2) is 7.49. The predicted molar refractivity (Wildman–Crippen MR) is 86.7 cm³/mol. The highest BCUT2D eigenvalue weighted by atomic mass is 35.5. The van der Waals surface area contributed by atoms with E-state index in [1.807, 2.05) is 0 Å². The molecule has 0 saturated carbocycles. The Hall–Kier alpha value is -0.750. The van der Waals surface area contributed by atoms with Crippen molar-refractivity contribution in [3.63, 3.8) is 0 Å². The summed E-state index contributed by atoms with van der Waals surface area (Å²) < 4.78 is 11.0. The molecule has 1 atom stereocenters. The average Bonchev–Trinajstić information content (AvgIpc) is 2.95. The van der Waals surface area contributed by atoms with E-state index in [9.17, 15) is 0 Å². The third-order valence-electron chi connectivity index (χ3n) is 3.55. The molecule has 1 saturated heterocycles. The Kier molecular flexibility index (Phi) is 5.93. The van der Waals surface area contributed by atoms with Crippen molar-refractivity contribution in [2.45, 2.75) is 25.4 Å². The van der Waals surface area contributed by atoms with Crippen LogP contribution in [0.15, 0.2) is 6.07 Å². The van der Waals surface area contributed by atoms with Crippen LogP contribution in [0, 0.1) is 0 Å². The molecule has 1 aromatic rings. The van der Waals surface area contributed by atoms with Gasteiger partial charge in [-0.15, -0.1) is 0 Å². The zero-order valence-electron chi connectivity index (χ0n) is 12.3. The third kappa shape index (κ3) is 4.13. The number of hydrogen-bond donors (Lipinski definition) is 2. The van der Waals surface area contributed by atoms with Gasteiger partial charge in [-0.25, -0.2) is 4.98 Å². The Labute approximate surface area is 135 Å². The zero-order chi connectivity index (χ0) is 15.3. The molecule has 1 aliphatic heterocycles. The molecule has 0 bridgehead atoms. The van der Waals surface area contributed by atoms with Crippen molar-refractivity contribution >= 4 is 34.8 Å². The summed E-state index contributed by atoms with van der Waals surface area (Å²) in [7, 11) is 1.70. The van der Waals surface area contributed by atoms with E-state index in [1.54, 1.807) is 13.2 Å². The molecule has 5 nitrogen and oxygen atoms in total. The summed E-state index contributed by atoms with van der Waals surface area (Å²) in [6, 6.07) is 1.70. The number of anilines is 2. The minimum atomic E-state index is -0.318. The number of nitrogens with zero attached hydrogens (tertiary/aromatic N) is 1. The lowest BCUT2D eigenvalue weighted by molar-refractivity contribution is -0.00624. The topological polar surface area (TPSA) is 55.4 Å². The number of rotatable bonds is 7. The van der Waals surface area contributed by atoms with Gasteiger partial charge in [0.2, 0.25) is 0 Å². The smallest absolute Gasteiger partial charge is 0.147 e. The van der Waals surface area contributed by atoms with E-state index >= 15 is 0 Å². The van der Waals surface area contributed by atoms with Crippen molar-refractivity contribution in [3.8, 4) is 0 Å². The van der Waals surface area contributed by atoms with E-state index in [2.05, 4.69) is 22.5 Å². The highest BCUT2D eigenvalue weighted by Crippen LogP contribution is 2.30. The van der Waals surface area contributed by atoms with Crippen LogP contribution in [0.3, 0.4) is 0 Å². The molecule has 0 spiro atoms. The highest BCUT2D eigenvalue weighted by molar-refractivity contribution is 6.37. The molecule has 0 radical (unpaired) electrons. The minimum Gasteiger partial charge on any atom is -0.378 e. The summed E-state index contributed by atoms with van der Waals surface area (Å²) in [5.41, 5.74) is -0.318. The largest absolute Gasteiger partial charge is 0.378 e. The van der Waals surface area contributed by atoms with Crippen LogP contribution in [0.2, 0.25) is 10.0 Å². The second-order valence-electron chi connectivity index (χ2n) is 5.12. The van der Waals surface area contributed by atoms with Gasteiger partial charge >= 0.3 is 0 Å². The second-order valence-corrected chi connectivity index (χ2v) is 5.93. The Morgan fingerprint density at radius 1 is 1.33 bits per heavy atom. The van der Waals surface area contributed by atoms with Gasteiger partial charge in [0, 0.05) is 33.2 Å². The Balaban J connectivity index is 2.08. The minimum absolute atomic E-state index is 0.318. The number of pyridine rings is 1. The molecule has 21 heavy (non-hydrogen) atoms. The van der Waals surface area contributed by atoms with Crippen LogP contribution in [-0.4, -0.2) is 44.0 Å². The van der Waals surface area contributed by atoms with Crippen molar-refractivity contribution in [1.29, 1.82) is 0 Å². The number of methoxy groups -OCH3 is 1. The lowest BCUT2D eigenvalue weighted by atomic mass is 10.0. The third-order valence-corrected chi connectivity index (χ3v) is 4.13. The number of aromatic nitrogens is 1.